The lowest BCUT2D eigenvalue weighted by atomic mass is 10.9. The Bertz CT molecular complexity index is 51.7. The number of hydrogen-bond donors (Lipinski definition) is 0. The minimum atomic E-state index is 0.139. The third-order valence-corrected chi connectivity index (χ3v) is 2.88. The molecule has 0 aromatic carbocycles. The summed E-state index contributed by atoms with van der Waals surface area (Å²) in [6.45, 7) is 0. The van der Waals surface area contributed by atoms with Crippen molar-refractivity contribution in [2.45, 2.75) is 4.58 Å². The van der Waals surface area contributed by atoms with Gasteiger partial charge in [0.2, 0.25) is 0 Å². The average Bonchev–Trinajstić information content (AvgIpc) is 1.72. The molecule has 0 aliphatic heterocycles. The minimum Gasteiger partial charge on any atom is -0.301 e. The van der Waals surface area contributed by atoms with E-state index in [1.165, 1.54) is 0 Å². The predicted octanol–water partition coefficient (Wildman–Crippen LogP) is 1.24. The Morgan fingerprint density at radius 2 is 1.86 bits per heavy atom. The largest absolute Gasteiger partial charge is 0.301 e. The summed E-state index contributed by atoms with van der Waals surface area (Å²) in [5.41, 5.74) is 0. The summed E-state index contributed by atoms with van der Waals surface area (Å²) >= 11 is 3.13. The maximum atomic E-state index is 9.93. The number of carbonyl (C=O) groups excluding carboxylic acids is 1. The Labute approximate surface area is 52.2 Å². The normalized spacial score (nSPS) is 9.57. The second kappa shape index (κ2) is 4.53. The monoisotopic (exact) mass is 136 g/mol. The van der Waals surface area contributed by atoms with Gasteiger partial charge in [0.25, 0.3) is 0 Å². The fraction of sp³-hybridized carbons (Fsp3) is 0.750. The molecule has 0 aliphatic rings. The number of thioether (sulfide) groups is 2. The molecule has 7 heavy (non-hydrogen) atoms. The van der Waals surface area contributed by atoms with Gasteiger partial charge in [-0.3, -0.25) is 0 Å². The lowest BCUT2D eigenvalue weighted by Crippen LogP contribution is -1.93. The van der Waals surface area contributed by atoms with Crippen LogP contribution >= 0.6 is 23.5 Å². The molecule has 0 fully saturated rings. The molecule has 0 aromatic rings. The quantitative estimate of drug-likeness (QED) is 0.429. The molecular formula is C4H8OS2. The summed E-state index contributed by atoms with van der Waals surface area (Å²) in [6, 6.07) is 0. The number of rotatable bonds is 3. The van der Waals surface area contributed by atoms with Gasteiger partial charge in [-0.25, -0.2) is 0 Å². The van der Waals surface area contributed by atoms with Crippen molar-refractivity contribution in [1.82, 2.24) is 0 Å². The van der Waals surface area contributed by atoms with Crippen LogP contribution in [0.15, 0.2) is 0 Å². The summed E-state index contributed by atoms with van der Waals surface area (Å²) in [6.07, 6.45) is 4.81. The maximum Gasteiger partial charge on any atom is 0.142 e. The van der Waals surface area contributed by atoms with Gasteiger partial charge in [0, 0.05) is 0 Å². The Morgan fingerprint density at radius 3 is 1.86 bits per heavy atom. The Balaban J connectivity index is 3.16. The molecule has 0 heterocycles. The molecule has 0 amide bonds. The fourth-order valence-corrected chi connectivity index (χ4v) is 1.20. The molecule has 0 spiro atoms. The van der Waals surface area contributed by atoms with E-state index in [0.29, 0.717) is 0 Å². The van der Waals surface area contributed by atoms with E-state index in [2.05, 4.69) is 0 Å². The summed E-state index contributed by atoms with van der Waals surface area (Å²) in [5.74, 6) is 0. The first-order valence-electron chi connectivity index (χ1n) is 1.86. The third kappa shape index (κ3) is 3.00. The highest BCUT2D eigenvalue weighted by Crippen LogP contribution is 2.14. The van der Waals surface area contributed by atoms with E-state index in [-0.39, 0.29) is 4.58 Å². The third-order valence-electron chi connectivity index (χ3n) is 0.576. The van der Waals surface area contributed by atoms with Gasteiger partial charge >= 0.3 is 0 Å². The molecule has 42 valence electrons. The lowest BCUT2D eigenvalue weighted by molar-refractivity contribution is -0.106. The first-order chi connectivity index (χ1) is 3.35. The highest BCUT2D eigenvalue weighted by molar-refractivity contribution is 8.17. The van der Waals surface area contributed by atoms with E-state index in [9.17, 15) is 4.79 Å². The SMILES string of the molecule is CSC(C=O)SC. The van der Waals surface area contributed by atoms with Crippen molar-refractivity contribution in [2.24, 2.45) is 0 Å². The van der Waals surface area contributed by atoms with Gasteiger partial charge in [0.05, 0.1) is 0 Å². The molecule has 0 atom stereocenters. The summed E-state index contributed by atoms with van der Waals surface area (Å²) in [5, 5.41) is 0. The second-order valence-electron chi connectivity index (χ2n) is 0.976. The summed E-state index contributed by atoms with van der Waals surface area (Å²) in [7, 11) is 0. The van der Waals surface area contributed by atoms with Crippen molar-refractivity contribution in [2.75, 3.05) is 12.5 Å². The van der Waals surface area contributed by atoms with E-state index in [1.807, 2.05) is 12.5 Å². The van der Waals surface area contributed by atoms with Gasteiger partial charge in [0.15, 0.2) is 0 Å². The second-order valence-corrected chi connectivity index (χ2v) is 3.23. The van der Waals surface area contributed by atoms with Crippen LogP contribution in [0.4, 0.5) is 0 Å². The van der Waals surface area contributed by atoms with Crippen molar-refractivity contribution < 1.29 is 4.79 Å². The van der Waals surface area contributed by atoms with Crippen molar-refractivity contribution in [1.29, 1.82) is 0 Å². The van der Waals surface area contributed by atoms with Crippen molar-refractivity contribution >= 4 is 29.8 Å². The molecule has 0 N–H and O–H groups in total. The van der Waals surface area contributed by atoms with E-state index in [4.69, 9.17) is 0 Å². The minimum absolute atomic E-state index is 0.139. The van der Waals surface area contributed by atoms with Crippen LogP contribution in [0.2, 0.25) is 0 Å². The average molecular weight is 136 g/mol. The van der Waals surface area contributed by atoms with Gasteiger partial charge in [-0.2, -0.15) is 0 Å². The molecular weight excluding hydrogens is 128 g/mol. The van der Waals surface area contributed by atoms with Crippen LogP contribution in [0.25, 0.3) is 0 Å². The van der Waals surface area contributed by atoms with Gasteiger partial charge < -0.3 is 4.79 Å². The van der Waals surface area contributed by atoms with E-state index in [0.717, 1.165) is 6.29 Å². The summed E-state index contributed by atoms with van der Waals surface area (Å²) < 4.78 is 0.139. The zero-order chi connectivity index (χ0) is 5.70. The molecule has 0 saturated heterocycles. The van der Waals surface area contributed by atoms with Gasteiger partial charge in [-0.05, 0) is 12.5 Å². The zero-order valence-electron chi connectivity index (χ0n) is 4.38. The highest BCUT2D eigenvalue weighted by atomic mass is 32.2. The van der Waals surface area contributed by atoms with E-state index < -0.39 is 0 Å². The fourth-order valence-electron chi connectivity index (χ4n) is 0.207. The highest BCUT2D eigenvalue weighted by Gasteiger charge is 1.97. The standard InChI is InChI=1S/C4H8OS2/c1-6-4(3-5)7-2/h3-4H,1-2H3. The van der Waals surface area contributed by atoms with Crippen LogP contribution in [-0.4, -0.2) is 23.4 Å². The molecule has 0 radical (unpaired) electrons. The molecule has 0 unspecified atom stereocenters. The van der Waals surface area contributed by atoms with Crippen molar-refractivity contribution in [3.8, 4) is 0 Å². The van der Waals surface area contributed by atoms with Crippen LogP contribution in [0.3, 0.4) is 0 Å². The van der Waals surface area contributed by atoms with Crippen LogP contribution < -0.4 is 0 Å². The maximum absolute atomic E-state index is 9.93. The molecule has 1 nitrogen and oxygen atoms in total. The van der Waals surface area contributed by atoms with Crippen molar-refractivity contribution in [3.05, 3.63) is 0 Å². The topological polar surface area (TPSA) is 17.1 Å². The van der Waals surface area contributed by atoms with Gasteiger partial charge in [-0.15, -0.1) is 23.5 Å². The Kier molecular flexibility index (Phi) is 4.77. The first kappa shape index (κ1) is 7.37. The molecule has 0 rings (SSSR count). The van der Waals surface area contributed by atoms with E-state index >= 15 is 0 Å². The smallest absolute Gasteiger partial charge is 0.142 e. The Morgan fingerprint density at radius 1 is 1.43 bits per heavy atom. The predicted molar refractivity (Wildman–Crippen MR) is 36.9 cm³/mol. The molecule has 3 heteroatoms. The van der Waals surface area contributed by atoms with Crippen LogP contribution in [0, 0.1) is 0 Å². The molecule has 0 saturated carbocycles. The van der Waals surface area contributed by atoms with E-state index in [1.54, 1.807) is 23.5 Å². The number of hydrogen-bond acceptors (Lipinski definition) is 3. The van der Waals surface area contributed by atoms with Crippen LogP contribution in [-0.2, 0) is 4.79 Å². The zero-order valence-corrected chi connectivity index (χ0v) is 6.01. The molecule has 0 aliphatic carbocycles. The van der Waals surface area contributed by atoms with Crippen LogP contribution in [0.1, 0.15) is 0 Å². The van der Waals surface area contributed by atoms with Crippen molar-refractivity contribution in [3.63, 3.8) is 0 Å². The van der Waals surface area contributed by atoms with Gasteiger partial charge in [0.1, 0.15) is 10.9 Å². The van der Waals surface area contributed by atoms with Crippen LogP contribution in [0.5, 0.6) is 0 Å². The first-order valence-corrected chi connectivity index (χ1v) is 4.43. The molecule has 0 bridgehead atoms. The van der Waals surface area contributed by atoms with Gasteiger partial charge in [-0.1, -0.05) is 0 Å². The Hall–Kier alpha value is 0.370. The lowest BCUT2D eigenvalue weighted by Gasteiger charge is -1.97. The number of carbonyl (C=O) groups is 1. The summed E-state index contributed by atoms with van der Waals surface area (Å²) in [4.78, 5) is 9.93. The molecule has 0 aromatic heterocycles. The number of aldehydes is 1.